The lowest BCUT2D eigenvalue weighted by Gasteiger charge is -2.27. The zero-order valence-electron chi connectivity index (χ0n) is 20.4. The molecule has 0 amide bonds. The molecule has 6 aromatic rings. The molecule has 6 nitrogen and oxygen atoms in total. The van der Waals surface area contributed by atoms with Gasteiger partial charge in [0.1, 0.15) is 17.4 Å². The summed E-state index contributed by atoms with van der Waals surface area (Å²) >= 11 is 0. The molecule has 0 spiro atoms. The van der Waals surface area contributed by atoms with E-state index in [2.05, 4.69) is 62.5 Å². The van der Waals surface area contributed by atoms with Crippen LogP contribution in [0.4, 0.5) is 4.39 Å². The molecule has 2 aromatic heterocycles. The van der Waals surface area contributed by atoms with Crippen LogP contribution in [0.15, 0.2) is 97.3 Å². The molecule has 0 saturated carbocycles. The fraction of sp³-hybridized carbons (Fsp3) is 0.0968. The number of fused-ring (bicyclic) bond motifs is 2. The van der Waals surface area contributed by atoms with Crippen LogP contribution < -0.4 is 0 Å². The first kappa shape index (κ1) is 22.4. The summed E-state index contributed by atoms with van der Waals surface area (Å²) in [6.45, 7) is 1.31. The Balaban J connectivity index is 1.23. The summed E-state index contributed by atoms with van der Waals surface area (Å²) in [4.78, 5) is 10.5. The Morgan fingerprint density at radius 3 is 2.37 bits per heavy atom. The van der Waals surface area contributed by atoms with Gasteiger partial charge in [-0.1, -0.05) is 48.5 Å². The van der Waals surface area contributed by atoms with Crippen molar-refractivity contribution in [2.75, 3.05) is 0 Å². The Hall–Kier alpha value is -4.75. The monoisotopic (exact) mass is 501 g/mol. The van der Waals surface area contributed by atoms with E-state index in [1.165, 1.54) is 29.3 Å². The number of halogens is 1. The van der Waals surface area contributed by atoms with Crippen LogP contribution in [0.5, 0.6) is 5.75 Å². The largest absolute Gasteiger partial charge is 0.508 e. The molecule has 0 bridgehead atoms. The molecule has 1 aliphatic rings. The number of rotatable bonds is 5. The topological polar surface area (TPSA) is 80.8 Å². The van der Waals surface area contributed by atoms with Crippen molar-refractivity contribution >= 4 is 11.0 Å². The molecular formula is C31H24FN5O. The first-order chi connectivity index (χ1) is 18.6. The lowest BCUT2D eigenvalue weighted by atomic mass is 9.99. The Morgan fingerprint density at radius 2 is 1.58 bits per heavy atom. The molecule has 0 fully saturated rings. The molecule has 0 saturated heterocycles. The number of hydrogen-bond acceptors (Lipinski definition) is 4. The van der Waals surface area contributed by atoms with Crippen molar-refractivity contribution in [3.8, 4) is 28.0 Å². The summed E-state index contributed by atoms with van der Waals surface area (Å²) in [5.41, 5.74) is 9.08. The summed E-state index contributed by atoms with van der Waals surface area (Å²) in [5, 5.41) is 17.7. The van der Waals surface area contributed by atoms with Gasteiger partial charge in [-0.25, -0.2) is 9.37 Å². The van der Waals surface area contributed by atoms with Crippen molar-refractivity contribution in [3.05, 3.63) is 126 Å². The van der Waals surface area contributed by atoms with E-state index in [-0.39, 0.29) is 5.75 Å². The predicted octanol–water partition coefficient (Wildman–Crippen LogP) is 6.57. The van der Waals surface area contributed by atoms with Crippen LogP contribution in [0.1, 0.15) is 28.6 Å². The van der Waals surface area contributed by atoms with Crippen LogP contribution in [0.2, 0.25) is 0 Å². The van der Waals surface area contributed by atoms with E-state index >= 15 is 0 Å². The fourth-order valence-corrected chi connectivity index (χ4v) is 5.41. The van der Waals surface area contributed by atoms with Crippen molar-refractivity contribution in [3.63, 3.8) is 0 Å². The smallest absolute Gasteiger partial charge is 0.129 e. The molecule has 3 heterocycles. The Morgan fingerprint density at radius 1 is 0.816 bits per heavy atom. The molecule has 4 aromatic carbocycles. The van der Waals surface area contributed by atoms with Crippen molar-refractivity contribution in [1.29, 1.82) is 0 Å². The van der Waals surface area contributed by atoms with Gasteiger partial charge in [0.2, 0.25) is 0 Å². The minimum Gasteiger partial charge on any atom is -0.508 e. The minimum absolute atomic E-state index is 0.0474. The lowest BCUT2D eigenvalue weighted by molar-refractivity contribution is 0.220. The molecular weight excluding hydrogens is 477 g/mol. The average Bonchev–Trinajstić information content (AvgIpc) is 3.70. The quantitative estimate of drug-likeness (QED) is 0.250. The van der Waals surface area contributed by atoms with Gasteiger partial charge in [0, 0.05) is 30.4 Å². The third-order valence-electron chi connectivity index (χ3n) is 7.32. The van der Waals surface area contributed by atoms with Gasteiger partial charge in [-0.2, -0.15) is 5.10 Å². The number of phenols is 1. The number of aromatic hydroxyl groups is 1. The number of nitrogens with zero attached hydrogens (tertiary/aromatic N) is 3. The molecule has 1 unspecified atom stereocenters. The number of aromatic amines is 2. The van der Waals surface area contributed by atoms with E-state index in [0.29, 0.717) is 24.5 Å². The number of hydrogen-bond donors (Lipinski definition) is 3. The van der Waals surface area contributed by atoms with Crippen molar-refractivity contribution in [2.24, 2.45) is 0 Å². The number of H-pyrrole nitrogens is 2. The summed E-state index contributed by atoms with van der Waals surface area (Å²) in [6, 6.07) is 26.4. The number of nitrogens with one attached hydrogen (secondary N) is 2. The van der Waals surface area contributed by atoms with Crippen molar-refractivity contribution in [1.82, 2.24) is 25.1 Å². The summed E-state index contributed by atoms with van der Waals surface area (Å²) < 4.78 is 14.4. The van der Waals surface area contributed by atoms with Gasteiger partial charge in [0.25, 0.3) is 0 Å². The normalized spacial score (nSPS) is 14.1. The first-order valence-electron chi connectivity index (χ1n) is 12.5. The van der Waals surface area contributed by atoms with Gasteiger partial charge in [-0.3, -0.25) is 10.00 Å². The van der Waals surface area contributed by atoms with Gasteiger partial charge in [0.15, 0.2) is 0 Å². The van der Waals surface area contributed by atoms with Crippen LogP contribution in [0.3, 0.4) is 0 Å². The molecule has 7 rings (SSSR count). The highest BCUT2D eigenvalue weighted by atomic mass is 19.1. The van der Waals surface area contributed by atoms with E-state index in [1.54, 1.807) is 0 Å². The molecule has 1 atom stereocenters. The molecule has 186 valence electrons. The summed E-state index contributed by atoms with van der Waals surface area (Å²) in [7, 11) is 0. The van der Waals surface area contributed by atoms with E-state index in [1.807, 2.05) is 36.7 Å². The highest BCUT2D eigenvalue weighted by Gasteiger charge is 2.32. The number of imidazole rings is 1. The van der Waals surface area contributed by atoms with Crippen molar-refractivity contribution in [2.45, 2.75) is 19.1 Å². The summed E-state index contributed by atoms with van der Waals surface area (Å²) in [6.07, 6.45) is 3.70. The van der Waals surface area contributed by atoms with Crippen LogP contribution in [-0.2, 0) is 13.1 Å². The second kappa shape index (κ2) is 8.97. The fourth-order valence-electron chi connectivity index (χ4n) is 5.41. The molecule has 7 heteroatoms. The standard InChI is InChI=1S/C31H24FN5O/c32-25-11-12-29(38)26(14-25)30(31-35-27-3-1-2-4-28(27)36-31)37-17-22-10-9-21(13-23(22)18-37)19-5-7-20(8-6-19)24-15-33-34-16-24/h1-16,30,38H,17-18H2,(H,33,34)(H,35,36). The third kappa shape index (κ3) is 3.93. The average molecular weight is 502 g/mol. The van der Waals surface area contributed by atoms with Gasteiger partial charge >= 0.3 is 0 Å². The van der Waals surface area contributed by atoms with Gasteiger partial charge in [-0.15, -0.1) is 0 Å². The molecule has 38 heavy (non-hydrogen) atoms. The molecule has 3 N–H and O–H groups in total. The third-order valence-corrected chi connectivity index (χ3v) is 7.32. The number of aromatic nitrogens is 4. The highest BCUT2D eigenvalue weighted by molar-refractivity contribution is 5.75. The minimum atomic E-state index is -0.441. The number of phenolic OH excluding ortho intramolecular Hbond substituents is 1. The van der Waals surface area contributed by atoms with E-state index < -0.39 is 11.9 Å². The number of para-hydroxylation sites is 2. The zero-order chi connectivity index (χ0) is 25.6. The van der Waals surface area contributed by atoms with E-state index in [0.717, 1.165) is 33.3 Å². The Labute approximate surface area is 218 Å². The van der Waals surface area contributed by atoms with Crippen LogP contribution in [-0.4, -0.2) is 30.2 Å². The van der Waals surface area contributed by atoms with Gasteiger partial charge in [0.05, 0.1) is 23.3 Å². The van der Waals surface area contributed by atoms with E-state index in [9.17, 15) is 9.50 Å². The molecule has 1 aliphatic heterocycles. The number of benzene rings is 4. The van der Waals surface area contributed by atoms with Crippen molar-refractivity contribution < 1.29 is 9.50 Å². The molecule has 0 aliphatic carbocycles. The maximum absolute atomic E-state index is 14.4. The van der Waals surface area contributed by atoms with Crippen LogP contribution in [0.25, 0.3) is 33.3 Å². The van der Waals surface area contributed by atoms with E-state index in [4.69, 9.17) is 4.98 Å². The van der Waals surface area contributed by atoms with Crippen LogP contribution in [0, 0.1) is 5.82 Å². The zero-order valence-corrected chi connectivity index (χ0v) is 20.4. The second-order valence-corrected chi connectivity index (χ2v) is 9.70. The second-order valence-electron chi connectivity index (χ2n) is 9.70. The summed E-state index contributed by atoms with van der Waals surface area (Å²) in [5.74, 6) is 0.331. The lowest BCUT2D eigenvalue weighted by Crippen LogP contribution is -2.25. The van der Waals surface area contributed by atoms with Gasteiger partial charge in [-0.05, 0) is 64.2 Å². The van der Waals surface area contributed by atoms with Gasteiger partial charge < -0.3 is 10.1 Å². The maximum Gasteiger partial charge on any atom is 0.129 e. The Kier molecular flexibility index (Phi) is 5.30. The SMILES string of the molecule is Oc1ccc(F)cc1C(c1nc2ccccc2[nH]1)N1Cc2ccc(-c3ccc(-c4cn[nH]c4)cc3)cc2C1. The molecule has 0 radical (unpaired) electrons. The van der Waals surface area contributed by atoms with Crippen LogP contribution >= 0.6 is 0 Å². The predicted molar refractivity (Wildman–Crippen MR) is 145 cm³/mol. The highest BCUT2D eigenvalue weighted by Crippen LogP contribution is 2.40. The maximum atomic E-state index is 14.4. The first-order valence-corrected chi connectivity index (χ1v) is 12.5. The Bertz CT molecular complexity index is 1720.